The predicted molar refractivity (Wildman–Crippen MR) is 47.6 cm³/mol. The molecule has 4 heteroatoms. The average Bonchev–Trinajstić information content (AvgIpc) is 2.04. The van der Waals surface area contributed by atoms with Crippen LogP contribution in [0.4, 0.5) is 0 Å². The molecule has 2 nitrogen and oxygen atoms in total. The molecule has 0 bridgehead atoms. The summed E-state index contributed by atoms with van der Waals surface area (Å²) in [6, 6.07) is 1.81. The standard InChI is InChI=1S/C8H7Cl2NO/c9-7-3-5-4-12-2-1-6(5)8(10)11-7/h3H,1-2,4H2. The van der Waals surface area contributed by atoms with E-state index in [1.54, 1.807) is 0 Å². The monoisotopic (exact) mass is 203 g/mol. The normalized spacial score (nSPS) is 15.8. The molecule has 1 aromatic rings. The molecule has 0 N–H and O–H groups in total. The summed E-state index contributed by atoms with van der Waals surface area (Å²) >= 11 is 11.6. The van der Waals surface area contributed by atoms with E-state index in [9.17, 15) is 0 Å². The van der Waals surface area contributed by atoms with Gasteiger partial charge in [-0.05, 0) is 23.6 Å². The number of ether oxygens (including phenoxy) is 1. The number of hydrogen-bond acceptors (Lipinski definition) is 2. The van der Waals surface area contributed by atoms with E-state index in [1.165, 1.54) is 0 Å². The van der Waals surface area contributed by atoms with Crippen LogP contribution >= 0.6 is 23.2 Å². The molecule has 1 aromatic heterocycles. The van der Waals surface area contributed by atoms with Crippen molar-refractivity contribution in [3.05, 3.63) is 27.5 Å². The summed E-state index contributed by atoms with van der Waals surface area (Å²) < 4.78 is 5.26. The van der Waals surface area contributed by atoms with Crippen LogP contribution in [0.1, 0.15) is 11.1 Å². The number of rotatable bonds is 0. The Bertz CT molecular complexity index is 314. The molecule has 0 unspecified atom stereocenters. The maximum atomic E-state index is 5.90. The van der Waals surface area contributed by atoms with Gasteiger partial charge in [0.25, 0.3) is 0 Å². The lowest BCUT2D eigenvalue weighted by Crippen LogP contribution is -2.11. The second kappa shape index (κ2) is 3.21. The van der Waals surface area contributed by atoms with Crippen LogP contribution in [0.15, 0.2) is 6.07 Å². The van der Waals surface area contributed by atoms with Gasteiger partial charge in [0.2, 0.25) is 0 Å². The first kappa shape index (κ1) is 8.30. The number of halogens is 2. The third kappa shape index (κ3) is 1.42. The summed E-state index contributed by atoms with van der Waals surface area (Å²) in [5.41, 5.74) is 2.14. The lowest BCUT2D eigenvalue weighted by atomic mass is 10.1. The summed E-state index contributed by atoms with van der Waals surface area (Å²) in [5.74, 6) is 0. The van der Waals surface area contributed by atoms with Crippen LogP contribution in [0, 0.1) is 0 Å². The predicted octanol–water partition coefficient (Wildman–Crippen LogP) is 2.46. The lowest BCUT2D eigenvalue weighted by molar-refractivity contribution is 0.110. The van der Waals surface area contributed by atoms with E-state index in [0.717, 1.165) is 24.2 Å². The van der Waals surface area contributed by atoms with Crippen LogP contribution in [0.2, 0.25) is 10.3 Å². The molecule has 0 radical (unpaired) electrons. The fraction of sp³-hybridized carbons (Fsp3) is 0.375. The van der Waals surface area contributed by atoms with Crippen molar-refractivity contribution in [1.82, 2.24) is 4.98 Å². The van der Waals surface area contributed by atoms with Crippen LogP contribution in [-0.2, 0) is 17.8 Å². The smallest absolute Gasteiger partial charge is 0.134 e. The Morgan fingerprint density at radius 1 is 1.42 bits per heavy atom. The summed E-state index contributed by atoms with van der Waals surface area (Å²) in [4.78, 5) is 3.96. The fourth-order valence-electron chi connectivity index (χ4n) is 1.31. The minimum Gasteiger partial charge on any atom is -0.376 e. The molecule has 0 amide bonds. The van der Waals surface area contributed by atoms with Gasteiger partial charge in [-0.1, -0.05) is 23.2 Å². The SMILES string of the molecule is Clc1cc2c(c(Cl)n1)CCOC2. The Balaban J connectivity index is 2.53. The van der Waals surface area contributed by atoms with Gasteiger partial charge >= 0.3 is 0 Å². The van der Waals surface area contributed by atoms with Crippen molar-refractivity contribution >= 4 is 23.2 Å². The Morgan fingerprint density at radius 3 is 3.08 bits per heavy atom. The summed E-state index contributed by atoms with van der Waals surface area (Å²) in [6.45, 7) is 1.31. The van der Waals surface area contributed by atoms with Gasteiger partial charge in [-0.15, -0.1) is 0 Å². The Hall–Kier alpha value is -0.310. The molecule has 0 aromatic carbocycles. The van der Waals surface area contributed by atoms with Crippen LogP contribution in [0.5, 0.6) is 0 Å². The molecular formula is C8H7Cl2NO. The van der Waals surface area contributed by atoms with Gasteiger partial charge in [-0.3, -0.25) is 0 Å². The van der Waals surface area contributed by atoms with Crippen molar-refractivity contribution in [2.75, 3.05) is 6.61 Å². The first-order valence-electron chi connectivity index (χ1n) is 3.69. The van der Waals surface area contributed by atoms with Gasteiger partial charge in [0.1, 0.15) is 10.3 Å². The van der Waals surface area contributed by atoms with E-state index in [-0.39, 0.29) is 0 Å². The highest BCUT2D eigenvalue weighted by Gasteiger charge is 2.14. The first-order chi connectivity index (χ1) is 5.77. The molecule has 0 fully saturated rings. The molecule has 0 saturated heterocycles. The lowest BCUT2D eigenvalue weighted by Gasteiger charge is -2.16. The van der Waals surface area contributed by atoms with Crippen molar-refractivity contribution < 1.29 is 4.74 Å². The van der Waals surface area contributed by atoms with Crippen molar-refractivity contribution in [3.8, 4) is 0 Å². The van der Waals surface area contributed by atoms with Crippen LogP contribution in [-0.4, -0.2) is 11.6 Å². The van der Waals surface area contributed by atoms with Crippen molar-refractivity contribution in [2.24, 2.45) is 0 Å². The van der Waals surface area contributed by atoms with E-state index in [2.05, 4.69) is 4.98 Å². The van der Waals surface area contributed by atoms with Gasteiger partial charge in [-0.25, -0.2) is 4.98 Å². The number of aromatic nitrogens is 1. The van der Waals surface area contributed by atoms with E-state index in [1.807, 2.05) is 6.07 Å². The molecular weight excluding hydrogens is 197 g/mol. The minimum atomic E-state index is 0.434. The second-order valence-electron chi connectivity index (χ2n) is 2.68. The zero-order valence-corrected chi connectivity index (χ0v) is 7.82. The minimum absolute atomic E-state index is 0.434. The zero-order valence-electron chi connectivity index (χ0n) is 6.31. The van der Waals surface area contributed by atoms with Crippen molar-refractivity contribution in [1.29, 1.82) is 0 Å². The summed E-state index contributed by atoms with van der Waals surface area (Å²) in [5, 5.41) is 0.949. The summed E-state index contributed by atoms with van der Waals surface area (Å²) in [7, 11) is 0. The van der Waals surface area contributed by atoms with Gasteiger partial charge in [-0.2, -0.15) is 0 Å². The van der Waals surface area contributed by atoms with Crippen LogP contribution in [0.25, 0.3) is 0 Å². The number of nitrogens with zero attached hydrogens (tertiary/aromatic N) is 1. The van der Waals surface area contributed by atoms with Crippen molar-refractivity contribution in [2.45, 2.75) is 13.0 Å². The van der Waals surface area contributed by atoms with Gasteiger partial charge in [0, 0.05) is 0 Å². The molecule has 2 heterocycles. The first-order valence-corrected chi connectivity index (χ1v) is 4.44. The molecule has 64 valence electrons. The molecule has 0 aliphatic carbocycles. The maximum absolute atomic E-state index is 5.90. The molecule has 0 spiro atoms. The van der Waals surface area contributed by atoms with Gasteiger partial charge < -0.3 is 4.74 Å². The number of hydrogen-bond donors (Lipinski definition) is 0. The highest BCUT2D eigenvalue weighted by Crippen LogP contribution is 2.25. The quantitative estimate of drug-likeness (QED) is 0.605. The topological polar surface area (TPSA) is 22.1 Å². The molecule has 12 heavy (non-hydrogen) atoms. The zero-order chi connectivity index (χ0) is 8.55. The van der Waals surface area contributed by atoms with E-state index in [0.29, 0.717) is 16.9 Å². The van der Waals surface area contributed by atoms with Crippen LogP contribution < -0.4 is 0 Å². The molecule has 0 saturated carbocycles. The van der Waals surface area contributed by atoms with E-state index >= 15 is 0 Å². The third-order valence-corrected chi connectivity index (χ3v) is 2.40. The van der Waals surface area contributed by atoms with Gasteiger partial charge in [0.15, 0.2) is 0 Å². The number of pyridine rings is 1. The fourth-order valence-corrected chi connectivity index (χ4v) is 1.87. The Labute approximate surface area is 80.5 Å². The highest BCUT2D eigenvalue weighted by molar-refractivity contribution is 6.33. The summed E-state index contributed by atoms with van der Waals surface area (Å²) in [6.07, 6.45) is 0.832. The van der Waals surface area contributed by atoms with Gasteiger partial charge in [0.05, 0.1) is 13.2 Å². The largest absolute Gasteiger partial charge is 0.376 e. The van der Waals surface area contributed by atoms with Crippen molar-refractivity contribution in [3.63, 3.8) is 0 Å². The Kier molecular flexibility index (Phi) is 2.22. The number of fused-ring (bicyclic) bond motifs is 1. The Morgan fingerprint density at radius 2 is 2.25 bits per heavy atom. The molecule has 1 aliphatic rings. The van der Waals surface area contributed by atoms with E-state index < -0.39 is 0 Å². The molecule has 2 rings (SSSR count). The third-order valence-electron chi connectivity index (χ3n) is 1.89. The van der Waals surface area contributed by atoms with E-state index in [4.69, 9.17) is 27.9 Å². The molecule has 1 aliphatic heterocycles. The van der Waals surface area contributed by atoms with Crippen LogP contribution in [0.3, 0.4) is 0 Å². The maximum Gasteiger partial charge on any atom is 0.134 e. The molecule has 0 atom stereocenters. The second-order valence-corrected chi connectivity index (χ2v) is 3.42. The average molecular weight is 204 g/mol. The highest BCUT2D eigenvalue weighted by atomic mass is 35.5.